The lowest BCUT2D eigenvalue weighted by molar-refractivity contribution is -0.123. The standard InChI is InChI=1S/C9H16N2O2/c1-3-5-8(10)9(13)11-7(4-2)6-12/h1,7-8,12H,4-6,10H2,2H3,(H,11,13). The van der Waals surface area contributed by atoms with Gasteiger partial charge in [0.1, 0.15) is 0 Å². The van der Waals surface area contributed by atoms with Gasteiger partial charge in [-0.15, -0.1) is 12.3 Å². The van der Waals surface area contributed by atoms with Gasteiger partial charge < -0.3 is 16.2 Å². The van der Waals surface area contributed by atoms with Crippen LogP contribution in [0.1, 0.15) is 19.8 Å². The number of hydrogen-bond acceptors (Lipinski definition) is 3. The van der Waals surface area contributed by atoms with Crippen LogP contribution in [0.3, 0.4) is 0 Å². The summed E-state index contributed by atoms with van der Waals surface area (Å²) in [6, 6.07) is -0.901. The molecule has 0 fully saturated rings. The molecule has 0 aromatic carbocycles. The summed E-state index contributed by atoms with van der Waals surface area (Å²) in [6.07, 6.45) is 5.89. The molecule has 0 saturated heterocycles. The van der Waals surface area contributed by atoms with E-state index in [4.69, 9.17) is 17.3 Å². The van der Waals surface area contributed by atoms with Crippen LogP contribution in [0.15, 0.2) is 0 Å². The first-order valence-corrected chi connectivity index (χ1v) is 4.26. The van der Waals surface area contributed by atoms with E-state index in [-0.39, 0.29) is 25.0 Å². The minimum Gasteiger partial charge on any atom is -0.394 e. The molecule has 2 atom stereocenters. The molecule has 0 aliphatic rings. The van der Waals surface area contributed by atoms with Gasteiger partial charge in [-0.05, 0) is 6.42 Å². The molecule has 0 aromatic rings. The molecule has 1 amide bonds. The zero-order valence-corrected chi connectivity index (χ0v) is 7.79. The molecule has 13 heavy (non-hydrogen) atoms. The fourth-order valence-corrected chi connectivity index (χ4v) is 0.805. The average molecular weight is 184 g/mol. The number of carbonyl (C=O) groups excluding carboxylic acids is 1. The van der Waals surface area contributed by atoms with E-state index in [1.807, 2.05) is 6.92 Å². The Kier molecular flexibility index (Phi) is 5.94. The minimum absolute atomic E-state index is 0.0784. The lowest BCUT2D eigenvalue weighted by Crippen LogP contribution is -2.46. The van der Waals surface area contributed by atoms with Crippen molar-refractivity contribution >= 4 is 5.91 Å². The van der Waals surface area contributed by atoms with E-state index in [9.17, 15) is 4.79 Å². The van der Waals surface area contributed by atoms with Gasteiger partial charge in [-0.2, -0.15) is 0 Å². The predicted molar refractivity (Wildman–Crippen MR) is 50.7 cm³/mol. The Morgan fingerprint density at radius 2 is 2.38 bits per heavy atom. The lowest BCUT2D eigenvalue weighted by Gasteiger charge is -2.16. The van der Waals surface area contributed by atoms with Crippen LogP contribution in [0, 0.1) is 12.3 Å². The second-order valence-electron chi connectivity index (χ2n) is 2.81. The van der Waals surface area contributed by atoms with Gasteiger partial charge in [-0.25, -0.2) is 0 Å². The van der Waals surface area contributed by atoms with Crippen molar-refractivity contribution in [1.29, 1.82) is 0 Å². The molecule has 4 nitrogen and oxygen atoms in total. The summed E-state index contributed by atoms with van der Waals surface area (Å²) in [5, 5.41) is 11.4. The molecule has 0 bridgehead atoms. The van der Waals surface area contributed by atoms with Crippen molar-refractivity contribution < 1.29 is 9.90 Å². The summed E-state index contributed by atoms with van der Waals surface area (Å²) >= 11 is 0. The van der Waals surface area contributed by atoms with Crippen molar-refractivity contribution in [3.8, 4) is 12.3 Å². The molecule has 0 saturated carbocycles. The maximum absolute atomic E-state index is 11.2. The number of aliphatic hydroxyl groups excluding tert-OH is 1. The van der Waals surface area contributed by atoms with Crippen LogP contribution in [0.25, 0.3) is 0 Å². The molecular formula is C9H16N2O2. The van der Waals surface area contributed by atoms with E-state index in [1.165, 1.54) is 0 Å². The fraction of sp³-hybridized carbons (Fsp3) is 0.667. The molecule has 4 N–H and O–H groups in total. The molecule has 0 aromatic heterocycles. The third kappa shape index (κ3) is 4.51. The van der Waals surface area contributed by atoms with Crippen LogP contribution in [-0.4, -0.2) is 29.7 Å². The minimum atomic E-state index is -0.675. The summed E-state index contributed by atoms with van der Waals surface area (Å²) in [5.74, 6) is 2.00. The SMILES string of the molecule is C#CCC(N)C(=O)NC(CC)CO. The van der Waals surface area contributed by atoms with Gasteiger partial charge in [0.15, 0.2) is 0 Å². The van der Waals surface area contributed by atoms with Gasteiger partial charge in [0.25, 0.3) is 0 Å². The van der Waals surface area contributed by atoms with E-state index in [2.05, 4.69) is 11.2 Å². The second kappa shape index (κ2) is 6.46. The first-order valence-electron chi connectivity index (χ1n) is 4.26. The van der Waals surface area contributed by atoms with Crippen molar-refractivity contribution in [2.24, 2.45) is 5.73 Å². The Bertz CT molecular complexity index is 194. The Balaban J connectivity index is 3.91. The molecule has 4 heteroatoms. The van der Waals surface area contributed by atoms with Crippen molar-refractivity contribution in [1.82, 2.24) is 5.32 Å². The summed E-state index contributed by atoms with van der Waals surface area (Å²) in [7, 11) is 0. The van der Waals surface area contributed by atoms with Crippen molar-refractivity contribution in [2.45, 2.75) is 31.8 Å². The highest BCUT2D eigenvalue weighted by Gasteiger charge is 2.15. The number of rotatable bonds is 5. The summed E-state index contributed by atoms with van der Waals surface area (Å²) in [5.41, 5.74) is 5.45. The maximum atomic E-state index is 11.2. The van der Waals surface area contributed by atoms with Crippen molar-refractivity contribution in [3.05, 3.63) is 0 Å². The Morgan fingerprint density at radius 3 is 2.77 bits per heavy atom. The molecule has 2 unspecified atom stereocenters. The molecule has 74 valence electrons. The topological polar surface area (TPSA) is 75.4 Å². The van der Waals surface area contributed by atoms with Crippen LogP contribution in [0.2, 0.25) is 0 Å². The van der Waals surface area contributed by atoms with E-state index in [0.29, 0.717) is 6.42 Å². The lowest BCUT2D eigenvalue weighted by atomic mass is 10.2. The first kappa shape index (κ1) is 11.9. The Hall–Kier alpha value is -1.05. The van der Waals surface area contributed by atoms with Gasteiger partial charge in [0, 0.05) is 6.42 Å². The number of amides is 1. The van der Waals surface area contributed by atoms with Crippen molar-refractivity contribution in [3.63, 3.8) is 0 Å². The fourth-order valence-electron chi connectivity index (χ4n) is 0.805. The zero-order chi connectivity index (χ0) is 10.3. The van der Waals surface area contributed by atoms with Gasteiger partial charge in [0.05, 0.1) is 18.7 Å². The normalized spacial score (nSPS) is 14.3. The van der Waals surface area contributed by atoms with E-state index >= 15 is 0 Å². The monoisotopic (exact) mass is 184 g/mol. The Labute approximate surface area is 78.5 Å². The van der Waals surface area contributed by atoms with Crippen LogP contribution >= 0.6 is 0 Å². The number of hydrogen-bond donors (Lipinski definition) is 3. The number of nitrogens with two attached hydrogens (primary N) is 1. The highest BCUT2D eigenvalue weighted by molar-refractivity contribution is 5.82. The molecule has 0 heterocycles. The third-order valence-electron chi connectivity index (χ3n) is 1.73. The maximum Gasteiger partial charge on any atom is 0.238 e. The highest BCUT2D eigenvalue weighted by atomic mass is 16.3. The van der Waals surface area contributed by atoms with Gasteiger partial charge in [-0.1, -0.05) is 6.92 Å². The average Bonchev–Trinajstić information content (AvgIpc) is 2.14. The molecule has 0 spiro atoms. The van der Waals surface area contributed by atoms with E-state index < -0.39 is 6.04 Å². The Morgan fingerprint density at radius 1 is 1.77 bits per heavy atom. The van der Waals surface area contributed by atoms with Crippen LogP contribution < -0.4 is 11.1 Å². The molecular weight excluding hydrogens is 168 g/mol. The quantitative estimate of drug-likeness (QED) is 0.491. The molecule has 0 aliphatic carbocycles. The molecule has 0 radical (unpaired) electrons. The largest absolute Gasteiger partial charge is 0.394 e. The number of carbonyl (C=O) groups is 1. The van der Waals surface area contributed by atoms with Crippen LogP contribution in [0.5, 0.6) is 0 Å². The zero-order valence-electron chi connectivity index (χ0n) is 7.79. The summed E-state index contributed by atoms with van der Waals surface area (Å²) in [4.78, 5) is 11.2. The first-order chi connectivity index (χ1) is 6.15. The van der Waals surface area contributed by atoms with E-state index in [0.717, 1.165) is 0 Å². The van der Waals surface area contributed by atoms with Gasteiger partial charge in [0.2, 0.25) is 5.91 Å². The van der Waals surface area contributed by atoms with Crippen LogP contribution in [-0.2, 0) is 4.79 Å². The highest BCUT2D eigenvalue weighted by Crippen LogP contribution is 1.92. The summed E-state index contributed by atoms with van der Waals surface area (Å²) < 4.78 is 0. The predicted octanol–water partition coefficient (Wildman–Crippen LogP) is -0.776. The smallest absolute Gasteiger partial charge is 0.238 e. The van der Waals surface area contributed by atoms with Gasteiger partial charge >= 0.3 is 0 Å². The van der Waals surface area contributed by atoms with E-state index in [1.54, 1.807) is 0 Å². The number of nitrogens with one attached hydrogen (secondary N) is 1. The second-order valence-corrected chi connectivity index (χ2v) is 2.81. The van der Waals surface area contributed by atoms with Gasteiger partial charge in [-0.3, -0.25) is 4.79 Å². The number of aliphatic hydroxyl groups is 1. The van der Waals surface area contributed by atoms with Crippen LogP contribution in [0.4, 0.5) is 0 Å². The molecule has 0 aliphatic heterocycles. The summed E-state index contributed by atoms with van der Waals surface area (Å²) in [6.45, 7) is 1.79. The molecule has 0 rings (SSSR count). The van der Waals surface area contributed by atoms with Crippen molar-refractivity contribution in [2.75, 3.05) is 6.61 Å². The third-order valence-corrected chi connectivity index (χ3v) is 1.73. The number of terminal acetylenes is 1.